The SMILES string of the molecule is Clc1ccccc1N=CC=Nc1ccccc1Cl.O=C1C=C(C[CH2][Po])C(=O)O1. The van der Waals surface area contributed by atoms with Crippen molar-refractivity contribution in [3.63, 3.8) is 0 Å². The standard InChI is InChI=1S/C14H10Cl2N2.C6H5O3.Po/c15-11-5-1-3-7-13(11)17-9-10-18-14-8-4-2-6-12(14)16;1-2-4-3-5(7)9-6(4)8;/h1-10H;3H,1-2H2;. The number of hydrogen-bond donors (Lipinski definition) is 0. The molecule has 0 spiro atoms. The summed E-state index contributed by atoms with van der Waals surface area (Å²) in [5, 5.41) is 1.22. The summed E-state index contributed by atoms with van der Waals surface area (Å²) in [4.78, 5) is 29.5. The van der Waals surface area contributed by atoms with Gasteiger partial charge in [-0.3, -0.25) is 9.98 Å². The van der Waals surface area contributed by atoms with Crippen molar-refractivity contribution >= 4 is 84.0 Å². The number of hydrogen-bond acceptors (Lipinski definition) is 5. The van der Waals surface area contributed by atoms with Crippen molar-refractivity contribution in [2.75, 3.05) is 0 Å². The topological polar surface area (TPSA) is 68.1 Å². The molecule has 0 bridgehead atoms. The van der Waals surface area contributed by atoms with Crippen LogP contribution in [0.4, 0.5) is 11.4 Å². The summed E-state index contributed by atoms with van der Waals surface area (Å²) in [6.45, 7) is 0. The van der Waals surface area contributed by atoms with E-state index in [1.165, 1.54) is 31.1 Å². The van der Waals surface area contributed by atoms with E-state index >= 15 is 0 Å². The first kappa shape index (κ1) is 22.4. The Morgan fingerprint density at radius 2 is 1.39 bits per heavy atom. The minimum absolute atomic E-state index is 0.466. The van der Waals surface area contributed by atoms with Crippen LogP contribution in [-0.2, 0) is 14.3 Å². The maximum absolute atomic E-state index is 10.7. The van der Waals surface area contributed by atoms with E-state index in [1.54, 1.807) is 24.6 Å². The van der Waals surface area contributed by atoms with Crippen LogP contribution in [0.1, 0.15) is 6.42 Å². The fourth-order valence-corrected chi connectivity index (χ4v) is 3.24. The number of ether oxygens (including phenoxy) is 1. The van der Waals surface area contributed by atoms with Gasteiger partial charge in [-0.25, -0.2) is 0 Å². The van der Waals surface area contributed by atoms with Crippen LogP contribution in [0.2, 0.25) is 14.1 Å². The van der Waals surface area contributed by atoms with E-state index in [0.717, 1.165) is 4.08 Å². The first-order valence-corrected chi connectivity index (χ1v) is 11.1. The van der Waals surface area contributed by atoms with Crippen molar-refractivity contribution in [2.45, 2.75) is 10.5 Å². The van der Waals surface area contributed by atoms with Gasteiger partial charge >= 0.3 is 73.5 Å². The van der Waals surface area contributed by atoms with Crippen LogP contribution in [0.3, 0.4) is 0 Å². The van der Waals surface area contributed by atoms with Gasteiger partial charge in [-0.2, -0.15) is 0 Å². The molecule has 0 aromatic heterocycles. The number of halogens is 2. The molecule has 3 rings (SSSR count). The Bertz CT molecular complexity index is 889. The molecule has 1 heterocycles. The third-order valence-corrected chi connectivity index (χ3v) is 4.75. The van der Waals surface area contributed by atoms with Crippen molar-refractivity contribution in [3.8, 4) is 0 Å². The van der Waals surface area contributed by atoms with Crippen molar-refractivity contribution in [1.82, 2.24) is 0 Å². The summed E-state index contributed by atoms with van der Waals surface area (Å²) in [7, 11) is 0. The van der Waals surface area contributed by atoms with E-state index in [2.05, 4.69) is 14.7 Å². The van der Waals surface area contributed by atoms with Crippen molar-refractivity contribution in [1.29, 1.82) is 0 Å². The van der Waals surface area contributed by atoms with Gasteiger partial charge in [-0.1, -0.05) is 47.5 Å². The van der Waals surface area contributed by atoms with Crippen LogP contribution in [0.25, 0.3) is 0 Å². The quantitative estimate of drug-likeness (QED) is 0.270. The van der Waals surface area contributed by atoms with Crippen LogP contribution in [0.15, 0.2) is 70.2 Å². The van der Waals surface area contributed by atoms with E-state index < -0.39 is 11.9 Å². The van der Waals surface area contributed by atoms with E-state index in [-0.39, 0.29) is 0 Å². The molecule has 2 aromatic carbocycles. The van der Waals surface area contributed by atoms with Gasteiger partial charge in [-0.05, 0) is 24.3 Å². The molecule has 0 aliphatic carbocycles. The summed E-state index contributed by atoms with van der Waals surface area (Å²) in [5.41, 5.74) is 1.94. The van der Waals surface area contributed by atoms with Gasteiger partial charge in [0.15, 0.2) is 0 Å². The molecule has 0 saturated heterocycles. The number of aliphatic imine (C=N–C) groups is 2. The zero-order valence-electron chi connectivity index (χ0n) is 14.5. The summed E-state index contributed by atoms with van der Waals surface area (Å²) < 4.78 is 5.20. The van der Waals surface area contributed by atoms with Gasteiger partial charge in [0.05, 0.1) is 21.4 Å². The average Bonchev–Trinajstić information content (AvgIpc) is 2.99. The molecule has 2 aromatic rings. The van der Waals surface area contributed by atoms with Crippen LogP contribution in [0, 0.1) is 0 Å². The molecule has 5 nitrogen and oxygen atoms in total. The van der Waals surface area contributed by atoms with Crippen LogP contribution in [0.5, 0.6) is 0 Å². The van der Waals surface area contributed by atoms with Crippen LogP contribution in [-0.4, -0.2) is 49.4 Å². The fraction of sp³-hybridized carbons (Fsp3) is 0.100. The van der Waals surface area contributed by atoms with E-state index in [9.17, 15) is 9.59 Å². The van der Waals surface area contributed by atoms with Crippen LogP contribution < -0.4 is 0 Å². The predicted octanol–water partition coefficient (Wildman–Crippen LogP) is 5.07. The third-order valence-electron chi connectivity index (χ3n) is 3.32. The van der Waals surface area contributed by atoms with E-state index in [1.807, 2.05) is 36.4 Å². The molecule has 0 unspecified atom stereocenters. The Hall–Kier alpha value is -1.86. The molecular weight excluding hydrogens is 596 g/mol. The number of rotatable bonds is 5. The normalized spacial score (nSPS) is 13.5. The molecule has 1 aliphatic rings. The molecule has 0 atom stereocenters. The van der Waals surface area contributed by atoms with Gasteiger partial charge < -0.3 is 0 Å². The fourth-order valence-electron chi connectivity index (χ4n) is 2.01. The van der Waals surface area contributed by atoms with Crippen LogP contribution >= 0.6 is 23.2 Å². The first-order chi connectivity index (χ1) is 13.5. The Morgan fingerprint density at radius 1 is 0.893 bits per heavy atom. The summed E-state index contributed by atoms with van der Waals surface area (Å²) in [6.07, 6.45) is 5.11. The van der Waals surface area contributed by atoms with Gasteiger partial charge in [0.2, 0.25) is 0 Å². The molecule has 0 N–H and O–H groups in total. The Kier molecular flexibility index (Phi) is 9.50. The molecule has 143 valence electrons. The molecule has 8 heteroatoms. The number of esters is 2. The van der Waals surface area contributed by atoms with Gasteiger partial charge in [0.1, 0.15) is 0 Å². The second kappa shape index (κ2) is 11.9. The third kappa shape index (κ3) is 7.28. The second-order valence-electron chi connectivity index (χ2n) is 5.29. The second-order valence-corrected chi connectivity index (χ2v) is 7.69. The average molecular weight is 611 g/mol. The van der Waals surface area contributed by atoms with Crippen molar-refractivity contribution in [3.05, 3.63) is 70.2 Å². The van der Waals surface area contributed by atoms with Gasteiger partial charge in [0.25, 0.3) is 0 Å². The number of nitrogens with zero attached hydrogens (tertiary/aromatic N) is 2. The van der Waals surface area contributed by atoms with Crippen molar-refractivity contribution < 1.29 is 14.3 Å². The van der Waals surface area contributed by atoms with Gasteiger partial charge in [0, 0.05) is 12.4 Å². The first-order valence-electron chi connectivity index (χ1n) is 8.12. The molecule has 28 heavy (non-hydrogen) atoms. The predicted molar refractivity (Wildman–Crippen MR) is 114 cm³/mol. The van der Waals surface area contributed by atoms with E-state index in [4.69, 9.17) is 23.2 Å². The minimum atomic E-state index is -0.525. The number of carbonyl (C=O) groups excluding carboxylic acids is 2. The molecule has 1 aliphatic heterocycles. The Balaban J connectivity index is 0.000000237. The summed E-state index contributed by atoms with van der Waals surface area (Å²) in [5.74, 6) is -0.991. The monoisotopic (exact) mass is 610 g/mol. The zero-order valence-corrected chi connectivity index (χ0v) is 19.2. The van der Waals surface area contributed by atoms with E-state index in [0.29, 0.717) is 33.4 Å². The molecule has 0 amide bonds. The summed E-state index contributed by atoms with van der Waals surface area (Å²) >= 11 is 13.3. The maximum atomic E-state index is 10.7. The number of para-hydroxylation sites is 2. The molecule has 1 radical (unpaired) electrons. The number of cyclic esters (lactones) is 2. The molecule has 0 fully saturated rings. The molecular formula is C20H15Cl2N2O3Po. The zero-order chi connectivity index (χ0) is 20.4. The molecule has 0 saturated carbocycles. The number of benzene rings is 2. The van der Waals surface area contributed by atoms with Gasteiger partial charge in [-0.15, -0.1) is 0 Å². The Morgan fingerprint density at radius 3 is 1.79 bits per heavy atom. The Labute approximate surface area is 188 Å². The number of carbonyl (C=O) groups is 2. The summed E-state index contributed by atoms with van der Waals surface area (Å²) in [6, 6.07) is 14.7. The van der Waals surface area contributed by atoms with Crippen molar-refractivity contribution in [2.24, 2.45) is 9.98 Å².